The number of hydrogen-bond donors (Lipinski definition) is 4. The maximum atomic E-state index is 12.8. The first-order valence-corrected chi connectivity index (χ1v) is 23.2. The lowest BCUT2D eigenvalue weighted by Crippen LogP contribution is -2.59. The smallest absolute Gasteiger partial charge is 0.306 e. The molecule has 1 rings (SSSR count). The number of unbranched alkanes of at least 4 members (excludes halogenated alkanes) is 20. The van der Waals surface area contributed by atoms with Crippen LogP contribution in [0.3, 0.4) is 0 Å². The van der Waals surface area contributed by atoms with Crippen LogP contribution in [0.2, 0.25) is 0 Å². The number of aliphatic hydroxyl groups excluding tert-OH is 4. The van der Waals surface area contributed by atoms with Gasteiger partial charge >= 0.3 is 5.97 Å². The van der Waals surface area contributed by atoms with Gasteiger partial charge in [-0.25, -0.2) is 0 Å². The van der Waals surface area contributed by atoms with Crippen LogP contribution >= 0.6 is 0 Å². The van der Waals surface area contributed by atoms with Crippen molar-refractivity contribution in [2.75, 3.05) is 26.4 Å². The van der Waals surface area contributed by atoms with E-state index in [1.165, 1.54) is 96.3 Å². The minimum atomic E-state index is -1.54. The summed E-state index contributed by atoms with van der Waals surface area (Å²) in [7, 11) is 0. The first-order valence-electron chi connectivity index (χ1n) is 23.2. The molecule has 0 aliphatic carbocycles. The number of aliphatic hydroxyl groups is 4. The van der Waals surface area contributed by atoms with E-state index in [9.17, 15) is 25.2 Å². The second kappa shape index (κ2) is 39.6. The third-order valence-electron chi connectivity index (χ3n) is 10.5. The summed E-state index contributed by atoms with van der Waals surface area (Å²) in [6.45, 7) is 4.43. The zero-order valence-electron chi connectivity index (χ0n) is 36.3. The maximum Gasteiger partial charge on any atom is 0.306 e. The van der Waals surface area contributed by atoms with Crippen molar-refractivity contribution in [1.82, 2.24) is 0 Å². The molecule has 0 amide bonds. The lowest BCUT2D eigenvalue weighted by atomic mass is 9.99. The van der Waals surface area contributed by atoms with Crippen LogP contribution in [0.5, 0.6) is 0 Å². The van der Waals surface area contributed by atoms with E-state index in [1.54, 1.807) is 0 Å². The molecule has 4 N–H and O–H groups in total. The number of allylic oxidation sites excluding steroid dienone is 8. The van der Waals surface area contributed by atoms with E-state index in [-0.39, 0.29) is 19.2 Å². The first kappa shape index (κ1) is 53.2. The lowest BCUT2D eigenvalue weighted by Gasteiger charge is -2.39. The maximum absolute atomic E-state index is 12.8. The molecule has 6 atom stereocenters. The topological polar surface area (TPSA) is 135 Å². The van der Waals surface area contributed by atoms with Crippen LogP contribution in [-0.2, 0) is 23.7 Å². The Hall–Kier alpha value is -1.85. The molecule has 1 aliphatic heterocycles. The molecule has 0 aromatic heterocycles. The summed E-state index contributed by atoms with van der Waals surface area (Å²) in [6, 6.07) is 0. The Morgan fingerprint density at radius 3 is 1.61 bits per heavy atom. The van der Waals surface area contributed by atoms with Crippen molar-refractivity contribution >= 4 is 5.97 Å². The molecule has 0 spiro atoms. The zero-order chi connectivity index (χ0) is 41.4. The van der Waals surface area contributed by atoms with Crippen LogP contribution in [0, 0.1) is 0 Å². The number of rotatable bonds is 39. The highest BCUT2D eigenvalue weighted by Crippen LogP contribution is 2.22. The highest BCUT2D eigenvalue weighted by Gasteiger charge is 2.44. The van der Waals surface area contributed by atoms with Crippen molar-refractivity contribution in [3.63, 3.8) is 0 Å². The molecule has 9 nitrogen and oxygen atoms in total. The molecule has 57 heavy (non-hydrogen) atoms. The molecule has 0 radical (unpaired) electrons. The number of esters is 1. The molecule has 1 heterocycles. The summed E-state index contributed by atoms with van der Waals surface area (Å²) < 4.78 is 22.8. The van der Waals surface area contributed by atoms with Crippen LogP contribution in [0.15, 0.2) is 48.6 Å². The molecule has 0 saturated carbocycles. The predicted octanol–water partition coefficient (Wildman–Crippen LogP) is 10.5. The van der Waals surface area contributed by atoms with Gasteiger partial charge in [0.1, 0.15) is 30.5 Å². The van der Waals surface area contributed by atoms with Gasteiger partial charge in [0.2, 0.25) is 0 Å². The zero-order valence-corrected chi connectivity index (χ0v) is 36.3. The first-order chi connectivity index (χ1) is 27.9. The van der Waals surface area contributed by atoms with Crippen molar-refractivity contribution in [2.45, 2.75) is 224 Å². The minimum absolute atomic E-state index is 0.117. The van der Waals surface area contributed by atoms with Gasteiger partial charge in [-0.2, -0.15) is 0 Å². The Morgan fingerprint density at radius 2 is 1.07 bits per heavy atom. The van der Waals surface area contributed by atoms with Gasteiger partial charge in [-0.05, 0) is 51.4 Å². The molecule has 1 saturated heterocycles. The molecule has 1 fully saturated rings. The average Bonchev–Trinajstić information content (AvgIpc) is 3.21. The lowest BCUT2D eigenvalue weighted by molar-refractivity contribution is -0.305. The van der Waals surface area contributed by atoms with E-state index in [0.29, 0.717) is 13.0 Å². The Balaban J connectivity index is 2.25. The Morgan fingerprint density at radius 1 is 0.579 bits per heavy atom. The number of carbonyl (C=O) groups is 1. The van der Waals surface area contributed by atoms with Gasteiger partial charge in [0.15, 0.2) is 6.29 Å². The average molecular weight is 807 g/mol. The Bertz CT molecular complexity index is 1010. The summed E-state index contributed by atoms with van der Waals surface area (Å²) in [6.07, 6.45) is 41.3. The highest BCUT2D eigenvalue weighted by molar-refractivity contribution is 5.69. The van der Waals surface area contributed by atoms with Crippen molar-refractivity contribution in [1.29, 1.82) is 0 Å². The quantitative estimate of drug-likeness (QED) is 0.0272. The van der Waals surface area contributed by atoms with Crippen molar-refractivity contribution in [3.8, 4) is 0 Å². The van der Waals surface area contributed by atoms with Gasteiger partial charge in [-0.15, -0.1) is 0 Å². The fourth-order valence-corrected chi connectivity index (χ4v) is 6.89. The molecule has 332 valence electrons. The summed E-state index contributed by atoms with van der Waals surface area (Å²) in [4.78, 5) is 12.8. The Kier molecular flexibility index (Phi) is 36.9. The monoisotopic (exact) mass is 807 g/mol. The molecule has 0 aromatic carbocycles. The molecular weight excluding hydrogens is 721 g/mol. The van der Waals surface area contributed by atoms with E-state index >= 15 is 0 Å². The van der Waals surface area contributed by atoms with Gasteiger partial charge in [0, 0.05) is 13.0 Å². The molecule has 6 unspecified atom stereocenters. The number of hydrogen-bond acceptors (Lipinski definition) is 9. The van der Waals surface area contributed by atoms with Crippen molar-refractivity contribution < 1.29 is 44.2 Å². The van der Waals surface area contributed by atoms with Crippen LogP contribution in [0.4, 0.5) is 0 Å². The summed E-state index contributed by atoms with van der Waals surface area (Å²) in [5.74, 6) is -0.318. The summed E-state index contributed by atoms with van der Waals surface area (Å²) in [5, 5.41) is 40.1. The number of ether oxygens (including phenoxy) is 4. The van der Waals surface area contributed by atoms with Crippen LogP contribution in [0.25, 0.3) is 0 Å². The standard InChI is InChI=1S/C48H86O9/c1-3-5-7-9-11-13-15-17-19-20-21-22-23-24-26-28-30-32-34-36-38-54-40-42(41-55-48-47(53)46(52)45(51)43(39-49)57-48)56-44(50)37-35-33-31-29-27-25-18-16-14-12-10-8-6-4-2/h5,7,11,13,17,19,21-22,42-43,45-49,51-53H,3-4,6,8-10,12,14-16,18,20,23-41H2,1-2H3/b7-5-,13-11-,19-17-,22-21-. The van der Waals surface area contributed by atoms with Gasteiger partial charge in [-0.3, -0.25) is 4.79 Å². The molecule has 1 aliphatic rings. The predicted molar refractivity (Wildman–Crippen MR) is 233 cm³/mol. The Labute approximate surface area is 348 Å². The van der Waals surface area contributed by atoms with Gasteiger partial charge in [0.25, 0.3) is 0 Å². The van der Waals surface area contributed by atoms with Gasteiger partial charge in [0.05, 0.1) is 19.8 Å². The molecule has 0 aromatic rings. The van der Waals surface area contributed by atoms with Gasteiger partial charge in [-0.1, -0.05) is 178 Å². The van der Waals surface area contributed by atoms with Crippen LogP contribution in [-0.4, -0.2) is 89.6 Å². The second-order valence-corrected chi connectivity index (χ2v) is 15.8. The second-order valence-electron chi connectivity index (χ2n) is 15.8. The third-order valence-corrected chi connectivity index (χ3v) is 10.5. The van der Waals surface area contributed by atoms with Crippen molar-refractivity contribution in [3.05, 3.63) is 48.6 Å². The fraction of sp³-hybridized carbons (Fsp3) is 0.812. The summed E-state index contributed by atoms with van der Waals surface area (Å²) >= 11 is 0. The highest BCUT2D eigenvalue weighted by atomic mass is 16.7. The molecular formula is C48H86O9. The minimum Gasteiger partial charge on any atom is -0.457 e. The fourth-order valence-electron chi connectivity index (χ4n) is 6.89. The largest absolute Gasteiger partial charge is 0.457 e. The molecule has 0 bridgehead atoms. The van der Waals surface area contributed by atoms with E-state index in [1.807, 2.05) is 0 Å². The van der Waals surface area contributed by atoms with E-state index < -0.39 is 43.4 Å². The molecule has 9 heteroatoms. The number of carbonyl (C=O) groups excluding carboxylic acids is 1. The van der Waals surface area contributed by atoms with E-state index in [4.69, 9.17) is 18.9 Å². The van der Waals surface area contributed by atoms with Crippen molar-refractivity contribution in [2.24, 2.45) is 0 Å². The SMILES string of the molecule is CC/C=C\C/C=C\C/C=C\C/C=C\CCCCCCCCCOCC(COC1OC(CO)C(O)C(O)C1O)OC(=O)CCCCCCCCCCCCCCCC. The van der Waals surface area contributed by atoms with E-state index in [0.717, 1.165) is 70.6 Å². The van der Waals surface area contributed by atoms with Gasteiger partial charge < -0.3 is 39.4 Å². The summed E-state index contributed by atoms with van der Waals surface area (Å²) in [5.41, 5.74) is 0. The van der Waals surface area contributed by atoms with Crippen LogP contribution in [0.1, 0.15) is 187 Å². The van der Waals surface area contributed by atoms with Crippen LogP contribution < -0.4 is 0 Å². The normalized spacial score (nSPS) is 20.8. The third kappa shape index (κ3) is 30.8. The van der Waals surface area contributed by atoms with E-state index in [2.05, 4.69) is 62.5 Å².